The average molecular weight is 472 g/mol. The van der Waals surface area contributed by atoms with Gasteiger partial charge in [-0.1, -0.05) is 48.0 Å². The molecule has 0 spiro atoms. The fraction of sp³-hybridized carbons (Fsp3) is 0.0476. The van der Waals surface area contributed by atoms with Gasteiger partial charge in [0, 0.05) is 17.3 Å². The first-order valence-corrected chi connectivity index (χ1v) is 9.23. The highest BCUT2D eigenvalue weighted by molar-refractivity contribution is 6.61. The first-order valence-electron chi connectivity index (χ1n) is 8.48. The van der Waals surface area contributed by atoms with Crippen molar-refractivity contribution in [3.63, 3.8) is 0 Å². The highest BCUT2D eigenvalue weighted by atomic mass is 35.5. The van der Waals surface area contributed by atoms with Gasteiger partial charge in [0.15, 0.2) is 0 Å². The van der Waals surface area contributed by atoms with Gasteiger partial charge in [0.25, 0.3) is 0 Å². The molecule has 0 atom stereocenters. The number of anilines is 1. The van der Waals surface area contributed by atoms with Crippen LogP contribution in [0.4, 0.5) is 28.4 Å². The van der Waals surface area contributed by atoms with Crippen molar-refractivity contribution in [2.75, 3.05) is 5.32 Å². The number of carbonyl (C=O) groups is 2. The van der Waals surface area contributed by atoms with Gasteiger partial charge in [-0.15, -0.1) is 0 Å². The van der Waals surface area contributed by atoms with Crippen LogP contribution in [0.2, 0.25) is 5.02 Å². The molecule has 0 radical (unpaired) electrons. The SMILES string of the molecule is O=C(Cl)Oc1ccccc1.O=C(Nc1ccc(C(F)(F)F)c(Cl)c1)Oc1ccccc1. The molecule has 0 heterocycles. The molecule has 31 heavy (non-hydrogen) atoms. The first-order chi connectivity index (χ1) is 14.6. The number of halogens is 5. The van der Waals surface area contributed by atoms with Crippen LogP contribution in [0.5, 0.6) is 11.5 Å². The van der Waals surface area contributed by atoms with Gasteiger partial charge in [0.2, 0.25) is 0 Å². The zero-order valence-corrected chi connectivity index (χ0v) is 17.0. The Morgan fingerprint density at radius 1 is 0.806 bits per heavy atom. The molecule has 0 fully saturated rings. The van der Waals surface area contributed by atoms with E-state index in [-0.39, 0.29) is 5.69 Å². The van der Waals surface area contributed by atoms with Crippen molar-refractivity contribution in [1.29, 1.82) is 0 Å². The molecule has 0 aliphatic carbocycles. The molecule has 162 valence electrons. The van der Waals surface area contributed by atoms with E-state index < -0.39 is 28.3 Å². The van der Waals surface area contributed by atoms with E-state index in [9.17, 15) is 22.8 Å². The Bertz CT molecular complexity index is 1020. The fourth-order valence-electron chi connectivity index (χ4n) is 2.14. The summed E-state index contributed by atoms with van der Waals surface area (Å²) in [7, 11) is 0. The number of para-hydroxylation sites is 2. The quantitative estimate of drug-likeness (QED) is 0.404. The number of carbonyl (C=O) groups excluding carboxylic acids is 2. The Labute approximate surface area is 185 Å². The number of nitrogens with one attached hydrogen (secondary N) is 1. The van der Waals surface area contributed by atoms with Crippen LogP contribution in [0.15, 0.2) is 78.9 Å². The highest BCUT2D eigenvalue weighted by Crippen LogP contribution is 2.35. The van der Waals surface area contributed by atoms with Gasteiger partial charge in [0.05, 0.1) is 10.6 Å². The van der Waals surface area contributed by atoms with E-state index in [0.29, 0.717) is 11.5 Å². The average Bonchev–Trinajstić information content (AvgIpc) is 2.68. The topological polar surface area (TPSA) is 64.6 Å². The molecule has 0 saturated carbocycles. The molecular formula is C21H14Cl2F3NO4. The van der Waals surface area contributed by atoms with Crippen molar-refractivity contribution in [3.05, 3.63) is 89.4 Å². The molecule has 0 unspecified atom stereocenters. The predicted octanol–water partition coefficient (Wildman–Crippen LogP) is 7.39. The lowest BCUT2D eigenvalue weighted by atomic mass is 10.2. The van der Waals surface area contributed by atoms with Gasteiger partial charge in [-0.05, 0) is 42.5 Å². The van der Waals surface area contributed by atoms with Gasteiger partial charge in [0.1, 0.15) is 11.5 Å². The summed E-state index contributed by atoms with van der Waals surface area (Å²) >= 11 is 10.5. The summed E-state index contributed by atoms with van der Waals surface area (Å²) in [6.07, 6.45) is -5.36. The van der Waals surface area contributed by atoms with Gasteiger partial charge in [-0.2, -0.15) is 13.2 Å². The summed E-state index contributed by atoms with van der Waals surface area (Å²) in [4.78, 5) is 21.7. The minimum Gasteiger partial charge on any atom is -0.415 e. The Hall–Kier alpha value is -3.23. The maximum Gasteiger partial charge on any atom is 0.417 e. The van der Waals surface area contributed by atoms with Crippen LogP contribution in [0.3, 0.4) is 0 Å². The Balaban J connectivity index is 0.000000285. The lowest BCUT2D eigenvalue weighted by Gasteiger charge is -2.11. The van der Waals surface area contributed by atoms with E-state index in [1.165, 1.54) is 0 Å². The van der Waals surface area contributed by atoms with Crippen LogP contribution in [0, 0.1) is 0 Å². The van der Waals surface area contributed by atoms with Crippen molar-refractivity contribution in [2.24, 2.45) is 0 Å². The predicted molar refractivity (Wildman–Crippen MR) is 111 cm³/mol. The zero-order valence-electron chi connectivity index (χ0n) is 15.5. The van der Waals surface area contributed by atoms with Gasteiger partial charge in [-0.3, -0.25) is 5.32 Å². The molecule has 3 aromatic rings. The summed E-state index contributed by atoms with van der Waals surface area (Å²) in [6, 6.07) is 19.8. The molecule has 10 heteroatoms. The van der Waals surface area contributed by atoms with Crippen LogP contribution in [0.1, 0.15) is 5.56 Å². The summed E-state index contributed by atoms with van der Waals surface area (Å²) in [5, 5.41) is 1.80. The minimum absolute atomic E-state index is 0.105. The van der Waals surface area contributed by atoms with Crippen LogP contribution >= 0.6 is 23.2 Å². The first kappa shape index (κ1) is 24.0. The van der Waals surface area contributed by atoms with Crippen LogP contribution in [-0.4, -0.2) is 11.5 Å². The van der Waals surface area contributed by atoms with Crippen molar-refractivity contribution in [3.8, 4) is 11.5 Å². The Kier molecular flexibility index (Phi) is 8.72. The number of hydrogen-bond acceptors (Lipinski definition) is 4. The van der Waals surface area contributed by atoms with Gasteiger partial charge < -0.3 is 9.47 Å². The second-order valence-electron chi connectivity index (χ2n) is 5.67. The van der Waals surface area contributed by atoms with Gasteiger partial charge >= 0.3 is 17.7 Å². The minimum atomic E-state index is -4.54. The third kappa shape index (κ3) is 8.57. The van der Waals surface area contributed by atoms with Crippen molar-refractivity contribution >= 4 is 40.4 Å². The monoisotopic (exact) mass is 471 g/mol. The van der Waals surface area contributed by atoms with Crippen LogP contribution in [-0.2, 0) is 6.18 Å². The molecule has 0 saturated heterocycles. The second kappa shape index (κ2) is 11.2. The summed E-state index contributed by atoms with van der Waals surface area (Å²) < 4.78 is 47.1. The lowest BCUT2D eigenvalue weighted by molar-refractivity contribution is -0.137. The Morgan fingerprint density at radius 3 is 1.77 bits per heavy atom. The van der Waals surface area contributed by atoms with E-state index >= 15 is 0 Å². The summed E-state index contributed by atoms with van der Waals surface area (Å²) in [6.45, 7) is 0. The maximum absolute atomic E-state index is 12.5. The standard InChI is InChI=1S/C14H9ClF3NO2.C7H5ClO2/c15-12-8-9(6-7-11(12)14(16,17)18)19-13(20)21-10-4-2-1-3-5-10;8-7(9)10-6-4-2-1-3-5-6/h1-8H,(H,19,20);1-5H. The van der Waals surface area contributed by atoms with Crippen molar-refractivity contribution in [2.45, 2.75) is 6.18 Å². The molecule has 0 aliphatic heterocycles. The molecule has 0 aromatic heterocycles. The van der Waals surface area contributed by atoms with Crippen molar-refractivity contribution in [1.82, 2.24) is 0 Å². The third-order valence-electron chi connectivity index (χ3n) is 3.42. The Morgan fingerprint density at radius 2 is 1.32 bits per heavy atom. The molecule has 1 amide bonds. The van der Waals surface area contributed by atoms with E-state index in [2.05, 4.69) is 10.1 Å². The maximum atomic E-state index is 12.5. The van der Waals surface area contributed by atoms with E-state index in [1.54, 1.807) is 54.6 Å². The van der Waals surface area contributed by atoms with E-state index in [0.717, 1.165) is 18.2 Å². The molecule has 3 rings (SSSR count). The number of ether oxygens (including phenoxy) is 2. The normalized spacial score (nSPS) is 10.4. The fourth-order valence-corrected chi connectivity index (χ4v) is 2.52. The van der Waals surface area contributed by atoms with Crippen LogP contribution in [0.25, 0.3) is 0 Å². The molecule has 0 bridgehead atoms. The lowest BCUT2D eigenvalue weighted by Crippen LogP contribution is -2.17. The number of benzene rings is 3. The largest absolute Gasteiger partial charge is 0.417 e. The highest BCUT2D eigenvalue weighted by Gasteiger charge is 2.33. The molecule has 0 aliphatic rings. The number of hydrogen-bond donors (Lipinski definition) is 1. The number of amides is 1. The second-order valence-corrected chi connectivity index (χ2v) is 6.39. The van der Waals surface area contributed by atoms with Gasteiger partial charge in [-0.25, -0.2) is 9.59 Å². The summed E-state index contributed by atoms with van der Waals surface area (Å²) in [5.74, 6) is 0.774. The zero-order chi connectivity index (χ0) is 22.9. The molecule has 3 aromatic carbocycles. The van der Waals surface area contributed by atoms with Crippen molar-refractivity contribution < 1.29 is 32.2 Å². The smallest absolute Gasteiger partial charge is 0.415 e. The van der Waals surface area contributed by atoms with E-state index in [1.807, 2.05) is 6.07 Å². The number of alkyl halides is 3. The molecule has 1 N–H and O–H groups in total. The molecule has 5 nitrogen and oxygen atoms in total. The van der Waals surface area contributed by atoms with E-state index in [4.69, 9.17) is 27.9 Å². The molecular weight excluding hydrogens is 458 g/mol. The number of rotatable bonds is 3. The van der Waals surface area contributed by atoms with Crippen LogP contribution < -0.4 is 14.8 Å². The summed E-state index contributed by atoms with van der Waals surface area (Å²) in [5.41, 5.74) is -1.67. The third-order valence-corrected chi connectivity index (χ3v) is 3.81.